The minimum absolute atomic E-state index is 0.106. The van der Waals surface area contributed by atoms with Crippen molar-refractivity contribution in [1.29, 1.82) is 0 Å². The number of unbranched alkanes of at least 4 members (excludes halogenated alkanes) is 1. The van der Waals surface area contributed by atoms with E-state index in [0.717, 1.165) is 29.7 Å². The van der Waals surface area contributed by atoms with Gasteiger partial charge in [0.05, 0.1) is 18.3 Å². The lowest BCUT2D eigenvalue weighted by atomic mass is 10.2. The third kappa shape index (κ3) is 3.74. The number of carbonyl (C=O) groups is 1. The lowest BCUT2D eigenvalue weighted by molar-refractivity contribution is 0.0951. The van der Waals surface area contributed by atoms with Gasteiger partial charge in [0, 0.05) is 23.9 Å². The number of nitrogens with one attached hydrogen (secondary N) is 1. The number of pyridine rings is 1. The first-order valence-corrected chi connectivity index (χ1v) is 8.20. The number of amides is 1. The highest BCUT2D eigenvalue weighted by molar-refractivity contribution is 5.94. The summed E-state index contributed by atoms with van der Waals surface area (Å²) >= 11 is 0. The maximum absolute atomic E-state index is 12.3. The number of ether oxygens (including phenoxy) is 1. The summed E-state index contributed by atoms with van der Waals surface area (Å²) in [6.07, 6.45) is 5.80. The molecule has 0 saturated heterocycles. The molecule has 0 saturated carbocycles. The van der Waals surface area contributed by atoms with Gasteiger partial charge in [0.25, 0.3) is 5.91 Å². The topological polar surface area (TPSA) is 55.6 Å². The molecule has 5 heteroatoms. The Morgan fingerprint density at radius 1 is 1.21 bits per heavy atom. The van der Waals surface area contributed by atoms with Crippen LogP contribution in [0.3, 0.4) is 0 Å². The number of fused-ring (bicyclic) bond motifs is 1. The number of carbonyl (C=O) groups excluding carboxylic acids is 1. The van der Waals surface area contributed by atoms with Crippen LogP contribution in [0.5, 0.6) is 5.75 Å². The van der Waals surface area contributed by atoms with E-state index in [1.54, 1.807) is 22.8 Å². The Kier molecular flexibility index (Phi) is 5.11. The van der Waals surface area contributed by atoms with Gasteiger partial charge in [0.2, 0.25) is 0 Å². The molecule has 0 aliphatic heterocycles. The van der Waals surface area contributed by atoms with Crippen LogP contribution in [0, 0.1) is 0 Å². The van der Waals surface area contributed by atoms with Crippen molar-refractivity contribution in [3.8, 4) is 5.75 Å². The Morgan fingerprint density at radius 2 is 2.04 bits per heavy atom. The van der Waals surface area contributed by atoms with Gasteiger partial charge < -0.3 is 10.1 Å². The molecular formula is C19H21N3O2. The summed E-state index contributed by atoms with van der Waals surface area (Å²) in [4.78, 5) is 12.3. The van der Waals surface area contributed by atoms with Gasteiger partial charge in [-0.15, -0.1) is 0 Å². The third-order valence-electron chi connectivity index (χ3n) is 3.83. The normalized spacial score (nSPS) is 10.7. The van der Waals surface area contributed by atoms with Crippen LogP contribution >= 0.6 is 0 Å². The van der Waals surface area contributed by atoms with E-state index in [-0.39, 0.29) is 5.91 Å². The van der Waals surface area contributed by atoms with Crippen LogP contribution in [0.25, 0.3) is 5.52 Å². The maximum atomic E-state index is 12.3. The number of hydrogen-bond acceptors (Lipinski definition) is 3. The summed E-state index contributed by atoms with van der Waals surface area (Å²) in [6.45, 7) is 3.28. The molecule has 3 aromatic rings. The molecule has 0 radical (unpaired) electrons. The summed E-state index contributed by atoms with van der Waals surface area (Å²) < 4.78 is 7.40. The zero-order chi connectivity index (χ0) is 16.8. The number of nitrogens with zero attached hydrogens (tertiary/aromatic N) is 2. The van der Waals surface area contributed by atoms with Gasteiger partial charge in [-0.2, -0.15) is 5.10 Å². The lowest BCUT2D eigenvalue weighted by Gasteiger charge is -2.07. The van der Waals surface area contributed by atoms with E-state index in [1.165, 1.54) is 0 Å². The van der Waals surface area contributed by atoms with Crippen molar-refractivity contribution in [3.05, 3.63) is 66.0 Å². The van der Waals surface area contributed by atoms with Crippen LogP contribution in [0.2, 0.25) is 0 Å². The quantitative estimate of drug-likeness (QED) is 0.678. The summed E-state index contributed by atoms with van der Waals surface area (Å²) in [6, 6.07) is 13.1. The van der Waals surface area contributed by atoms with Crippen molar-refractivity contribution < 1.29 is 9.53 Å². The van der Waals surface area contributed by atoms with E-state index in [9.17, 15) is 4.79 Å². The highest BCUT2D eigenvalue weighted by atomic mass is 16.5. The predicted octanol–water partition coefficient (Wildman–Crippen LogP) is 3.44. The fourth-order valence-electron chi connectivity index (χ4n) is 2.44. The van der Waals surface area contributed by atoms with E-state index in [2.05, 4.69) is 17.3 Å². The molecule has 1 N–H and O–H groups in total. The number of benzene rings is 1. The minimum atomic E-state index is -0.106. The van der Waals surface area contributed by atoms with Crippen molar-refractivity contribution in [2.24, 2.45) is 0 Å². The molecular weight excluding hydrogens is 302 g/mol. The molecule has 0 bridgehead atoms. The Hall–Kier alpha value is -2.82. The Bertz CT molecular complexity index is 809. The van der Waals surface area contributed by atoms with Crippen LogP contribution in [0.4, 0.5) is 0 Å². The van der Waals surface area contributed by atoms with Crippen LogP contribution in [-0.4, -0.2) is 22.1 Å². The molecule has 0 aliphatic carbocycles. The molecule has 0 aliphatic rings. The average Bonchev–Trinajstić information content (AvgIpc) is 3.04. The molecule has 0 atom stereocenters. The van der Waals surface area contributed by atoms with E-state index in [0.29, 0.717) is 18.7 Å². The summed E-state index contributed by atoms with van der Waals surface area (Å²) in [7, 11) is 0. The van der Waals surface area contributed by atoms with Gasteiger partial charge in [-0.1, -0.05) is 19.4 Å². The molecule has 5 nitrogen and oxygen atoms in total. The monoisotopic (exact) mass is 323 g/mol. The van der Waals surface area contributed by atoms with Crippen molar-refractivity contribution in [2.45, 2.75) is 26.3 Å². The third-order valence-corrected chi connectivity index (χ3v) is 3.83. The first-order valence-electron chi connectivity index (χ1n) is 8.20. The smallest absolute Gasteiger partial charge is 0.251 e. The molecule has 0 fully saturated rings. The SMILES string of the molecule is CCCCOc1ccc(C(=O)NCc2cnn3ccccc23)cc1. The number of hydrogen-bond donors (Lipinski definition) is 1. The fraction of sp³-hybridized carbons (Fsp3) is 0.263. The van der Waals surface area contributed by atoms with Gasteiger partial charge in [-0.3, -0.25) is 4.79 Å². The largest absolute Gasteiger partial charge is 0.494 e. The Morgan fingerprint density at radius 3 is 2.83 bits per heavy atom. The summed E-state index contributed by atoms with van der Waals surface area (Å²) in [5.41, 5.74) is 2.61. The first-order chi connectivity index (χ1) is 11.8. The Labute approximate surface area is 141 Å². The second-order valence-electron chi connectivity index (χ2n) is 5.61. The highest BCUT2D eigenvalue weighted by Crippen LogP contribution is 2.14. The minimum Gasteiger partial charge on any atom is -0.494 e. The molecule has 3 rings (SSSR count). The second kappa shape index (κ2) is 7.64. The van der Waals surface area contributed by atoms with Crippen LogP contribution in [0.15, 0.2) is 54.9 Å². The summed E-state index contributed by atoms with van der Waals surface area (Å²) in [5.74, 6) is 0.688. The van der Waals surface area contributed by atoms with Crippen molar-refractivity contribution in [2.75, 3.05) is 6.61 Å². The zero-order valence-corrected chi connectivity index (χ0v) is 13.7. The molecule has 24 heavy (non-hydrogen) atoms. The average molecular weight is 323 g/mol. The standard InChI is InChI=1S/C19H21N3O2/c1-2-3-12-24-17-9-7-15(8-10-17)19(23)20-13-16-14-21-22-11-5-4-6-18(16)22/h4-11,14H,2-3,12-13H2,1H3,(H,20,23). The van der Waals surface area contributed by atoms with Crippen molar-refractivity contribution in [3.63, 3.8) is 0 Å². The van der Waals surface area contributed by atoms with Crippen molar-refractivity contribution >= 4 is 11.4 Å². The molecule has 0 unspecified atom stereocenters. The van der Waals surface area contributed by atoms with E-state index in [4.69, 9.17) is 4.74 Å². The predicted molar refractivity (Wildman–Crippen MR) is 93.2 cm³/mol. The molecule has 1 aromatic carbocycles. The molecule has 2 aromatic heterocycles. The Balaban J connectivity index is 1.58. The molecule has 0 spiro atoms. The van der Waals surface area contributed by atoms with Gasteiger partial charge >= 0.3 is 0 Å². The van der Waals surface area contributed by atoms with Gasteiger partial charge in [-0.05, 0) is 42.8 Å². The summed E-state index contributed by atoms with van der Waals surface area (Å²) in [5, 5.41) is 7.20. The zero-order valence-electron chi connectivity index (χ0n) is 13.7. The lowest BCUT2D eigenvalue weighted by Crippen LogP contribution is -2.22. The van der Waals surface area contributed by atoms with Crippen LogP contribution in [-0.2, 0) is 6.54 Å². The van der Waals surface area contributed by atoms with Crippen molar-refractivity contribution in [1.82, 2.24) is 14.9 Å². The second-order valence-corrected chi connectivity index (χ2v) is 5.61. The molecule has 2 heterocycles. The van der Waals surface area contributed by atoms with E-state index in [1.807, 2.05) is 36.5 Å². The highest BCUT2D eigenvalue weighted by Gasteiger charge is 2.08. The molecule has 124 valence electrons. The van der Waals surface area contributed by atoms with Crippen LogP contribution < -0.4 is 10.1 Å². The van der Waals surface area contributed by atoms with Gasteiger partial charge in [0.1, 0.15) is 5.75 Å². The van der Waals surface area contributed by atoms with E-state index < -0.39 is 0 Å². The fourth-order valence-corrected chi connectivity index (χ4v) is 2.44. The van der Waals surface area contributed by atoms with E-state index >= 15 is 0 Å². The first kappa shape index (κ1) is 16.1. The molecule has 1 amide bonds. The van der Waals surface area contributed by atoms with Gasteiger partial charge in [-0.25, -0.2) is 4.52 Å². The van der Waals surface area contributed by atoms with Crippen LogP contribution in [0.1, 0.15) is 35.7 Å². The maximum Gasteiger partial charge on any atom is 0.251 e. The number of rotatable bonds is 7. The number of aromatic nitrogens is 2. The van der Waals surface area contributed by atoms with Gasteiger partial charge in [0.15, 0.2) is 0 Å².